The summed E-state index contributed by atoms with van der Waals surface area (Å²) in [4.78, 5) is 14.6. The van der Waals surface area contributed by atoms with Gasteiger partial charge in [0.1, 0.15) is 0 Å². The van der Waals surface area contributed by atoms with Crippen molar-refractivity contribution in [2.45, 2.75) is 10.9 Å². The first-order chi connectivity index (χ1) is 12.8. The first kappa shape index (κ1) is 16.5. The molecule has 26 heavy (non-hydrogen) atoms. The second-order valence-corrected chi connectivity index (χ2v) is 7.08. The van der Waals surface area contributed by atoms with Gasteiger partial charge in [-0.05, 0) is 23.3 Å². The molecule has 0 bridgehead atoms. The minimum Gasteiger partial charge on any atom is -0.326 e. The molecule has 1 heterocycles. The predicted octanol–water partition coefficient (Wildman–Crippen LogP) is 5.20. The van der Waals surface area contributed by atoms with Crippen LogP contribution in [0.1, 0.15) is 17.2 Å². The molecule has 1 atom stereocenters. The van der Waals surface area contributed by atoms with Gasteiger partial charge < -0.3 is 10.6 Å². The molecular weight excluding hydrogens is 340 g/mol. The van der Waals surface area contributed by atoms with Crippen molar-refractivity contribution in [2.24, 2.45) is 0 Å². The number of thioether (sulfide) groups is 1. The molecular formula is C22H18N2OS. The van der Waals surface area contributed by atoms with Gasteiger partial charge in [-0.1, -0.05) is 90.6 Å². The predicted molar refractivity (Wildman–Crippen MR) is 107 cm³/mol. The van der Waals surface area contributed by atoms with Crippen LogP contribution in [-0.2, 0) is 0 Å². The number of rotatable bonds is 4. The second kappa shape index (κ2) is 7.50. The van der Waals surface area contributed by atoms with Gasteiger partial charge in [0, 0.05) is 9.80 Å². The molecule has 1 aliphatic rings. The number of benzene rings is 3. The Labute approximate surface area is 157 Å². The minimum absolute atomic E-state index is 0.185. The van der Waals surface area contributed by atoms with Crippen LogP contribution in [0.5, 0.6) is 0 Å². The third-order valence-electron chi connectivity index (χ3n) is 4.19. The Morgan fingerprint density at radius 1 is 0.731 bits per heavy atom. The summed E-state index contributed by atoms with van der Waals surface area (Å²) in [6.45, 7) is 0. The Morgan fingerprint density at radius 3 is 1.96 bits per heavy atom. The van der Waals surface area contributed by atoms with Gasteiger partial charge in [0.2, 0.25) is 0 Å². The number of hydrogen-bond acceptors (Lipinski definition) is 2. The van der Waals surface area contributed by atoms with Crippen LogP contribution in [0.15, 0.2) is 101 Å². The van der Waals surface area contributed by atoms with Crippen molar-refractivity contribution >= 4 is 23.5 Å². The van der Waals surface area contributed by atoms with Gasteiger partial charge in [0.05, 0.1) is 11.7 Å². The molecule has 3 aromatic rings. The fourth-order valence-electron chi connectivity index (χ4n) is 2.98. The van der Waals surface area contributed by atoms with E-state index in [1.54, 1.807) is 11.8 Å². The Bertz CT molecular complexity index is 924. The SMILES string of the molecule is O=C1NC(c2ccccc2)=C(Sc2ccccc2)C(c2ccccc2)N1. The molecule has 3 nitrogen and oxygen atoms in total. The number of carbonyl (C=O) groups is 1. The van der Waals surface area contributed by atoms with Crippen molar-refractivity contribution < 1.29 is 4.79 Å². The maximum absolute atomic E-state index is 12.4. The van der Waals surface area contributed by atoms with Gasteiger partial charge in [-0.3, -0.25) is 0 Å². The molecule has 4 heteroatoms. The third kappa shape index (κ3) is 3.51. The van der Waals surface area contributed by atoms with E-state index in [9.17, 15) is 4.79 Å². The molecule has 4 rings (SSSR count). The Kier molecular flexibility index (Phi) is 4.75. The van der Waals surface area contributed by atoms with Crippen LogP contribution in [0.25, 0.3) is 5.70 Å². The highest BCUT2D eigenvalue weighted by atomic mass is 32.2. The van der Waals surface area contributed by atoms with E-state index in [-0.39, 0.29) is 12.1 Å². The average molecular weight is 358 g/mol. The number of amides is 2. The van der Waals surface area contributed by atoms with E-state index in [1.165, 1.54) is 0 Å². The summed E-state index contributed by atoms with van der Waals surface area (Å²) in [7, 11) is 0. The average Bonchev–Trinajstić information content (AvgIpc) is 2.71. The van der Waals surface area contributed by atoms with Crippen molar-refractivity contribution in [3.63, 3.8) is 0 Å². The van der Waals surface area contributed by atoms with Crippen LogP contribution in [0.3, 0.4) is 0 Å². The van der Waals surface area contributed by atoms with Gasteiger partial charge in [-0.15, -0.1) is 0 Å². The van der Waals surface area contributed by atoms with Crippen molar-refractivity contribution in [3.8, 4) is 0 Å². The lowest BCUT2D eigenvalue weighted by Crippen LogP contribution is -2.42. The zero-order valence-corrected chi connectivity index (χ0v) is 14.9. The number of urea groups is 1. The van der Waals surface area contributed by atoms with Gasteiger partial charge in [-0.25, -0.2) is 4.79 Å². The number of nitrogens with one attached hydrogen (secondary N) is 2. The molecule has 0 saturated heterocycles. The zero-order chi connectivity index (χ0) is 17.8. The van der Waals surface area contributed by atoms with Gasteiger partial charge in [-0.2, -0.15) is 0 Å². The van der Waals surface area contributed by atoms with E-state index < -0.39 is 0 Å². The van der Waals surface area contributed by atoms with Crippen molar-refractivity contribution in [1.29, 1.82) is 0 Å². The van der Waals surface area contributed by atoms with E-state index in [2.05, 4.69) is 22.8 Å². The van der Waals surface area contributed by atoms with E-state index in [0.717, 1.165) is 26.6 Å². The van der Waals surface area contributed by atoms with Crippen LogP contribution >= 0.6 is 11.8 Å². The maximum Gasteiger partial charge on any atom is 0.320 e. The topological polar surface area (TPSA) is 41.1 Å². The monoisotopic (exact) mass is 358 g/mol. The lowest BCUT2D eigenvalue weighted by atomic mass is 10.0. The fourth-order valence-corrected chi connectivity index (χ4v) is 4.11. The van der Waals surface area contributed by atoms with Crippen molar-refractivity contribution in [2.75, 3.05) is 0 Å². The Morgan fingerprint density at radius 2 is 1.31 bits per heavy atom. The molecule has 0 spiro atoms. The molecule has 0 saturated carbocycles. The highest BCUT2D eigenvalue weighted by Gasteiger charge is 2.29. The quantitative estimate of drug-likeness (QED) is 0.673. The molecule has 0 aromatic heterocycles. The first-order valence-electron chi connectivity index (χ1n) is 8.46. The summed E-state index contributed by atoms with van der Waals surface area (Å²) >= 11 is 1.67. The molecule has 1 unspecified atom stereocenters. The first-order valence-corrected chi connectivity index (χ1v) is 9.28. The molecule has 2 amide bonds. The summed E-state index contributed by atoms with van der Waals surface area (Å²) in [5.41, 5.74) is 2.92. The van der Waals surface area contributed by atoms with Crippen LogP contribution < -0.4 is 10.6 Å². The maximum atomic E-state index is 12.4. The molecule has 1 aliphatic heterocycles. The lowest BCUT2D eigenvalue weighted by Gasteiger charge is -2.30. The van der Waals surface area contributed by atoms with Gasteiger partial charge >= 0.3 is 6.03 Å². The largest absolute Gasteiger partial charge is 0.326 e. The van der Waals surface area contributed by atoms with E-state index in [4.69, 9.17) is 0 Å². The van der Waals surface area contributed by atoms with Gasteiger partial charge in [0.25, 0.3) is 0 Å². The Hall–Kier alpha value is -2.98. The molecule has 128 valence electrons. The van der Waals surface area contributed by atoms with Crippen LogP contribution in [0.4, 0.5) is 4.79 Å². The Balaban J connectivity index is 1.85. The highest BCUT2D eigenvalue weighted by molar-refractivity contribution is 8.03. The molecule has 3 aromatic carbocycles. The minimum atomic E-state index is -0.189. The van der Waals surface area contributed by atoms with E-state index in [1.807, 2.05) is 78.9 Å². The zero-order valence-electron chi connectivity index (χ0n) is 14.1. The molecule has 0 aliphatic carbocycles. The normalized spacial score (nSPS) is 16.8. The van der Waals surface area contributed by atoms with Crippen LogP contribution in [0.2, 0.25) is 0 Å². The van der Waals surface area contributed by atoms with Crippen molar-refractivity contribution in [1.82, 2.24) is 10.6 Å². The molecule has 0 fully saturated rings. The summed E-state index contributed by atoms with van der Waals surface area (Å²) in [5, 5.41) is 6.09. The molecule has 2 N–H and O–H groups in total. The summed E-state index contributed by atoms with van der Waals surface area (Å²) in [6.07, 6.45) is 0. The van der Waals surface area contributed by atoms with Crippen LogP contribution in [0, 0.1) is 0 Å². The standard InChI is InChI=1S/C22H18N2OS/c25-22-23-19(16-10-4-1-5-11-16)21(26-18-14-8-3-9-15-18)20(24-22)17-12-6-2-7-13-17/h1-15,19H,(H2,23,24,25). The number of carbonyl (C=O) groups excluding carboxylic acids is 1. The fraction of sp³-hybridized carbons (Fsp3) is 0.0455. The highest BCUT2D eigenvalue weighted by Crippen LogP contribution is 2.41. The third-order valence-corrected chi connectivity index (χ3v) is 5.36. The molecule has 0 radical (unpaired) electrons. The van der Waals surface area contributed by atoms with E-state index >= 15 is 0 Å². The number of hydrogen-bond donors (Lipinski definition) is 2. The van der Waals surface area contributed by atoms with Crippen LogP contribution in [-0.4, -0.2) is 6.03 Å². The van der Waals surface area contributed by atoms with E-state index in [0.29, 0.717) is 0 Å². The van der Waals surface area contributed by atoms with Crippen molar-refractivity contribution in [3.05, 3.63) is 107 Å². The smallest absolute Gasteiger partial charge is 0.320 e. The second-order valence-electron chi connectivity index (χ2n) is 5.96. The summed E-state index contributed by atoms with van der Waals surface area (Å²) in [5.74, 6) is 0. The van der Waals surface area contributed by atoms with Gasteiger partial charge in [0.15, 0.2) is 0 Å². The summed E-state index contributed by atoms with van der Waals surface area (Å²) < 4.78 is 0. The lowest BCUT2D eigenvalue weighted by molar-refractivity contribution is 0.241. The summed E-state index contributed by atoms with van der Waals surface area (Å²) in [6, 6.07) is 29.9.